The molecular weight excluding hydrogens is 438 g/mol. The van der Waals surface area contributed by atoms with E-state index in [4.69, 9.17) is 16.5 Å². The molecule has 3 aromatic rings. The van der Waals surface area contributed by atoms with Crippen LogP contribution < -0.4 is 11.5 Å². The smallest absolute Gasteiger partial charge is 0.266 e. The Balaban J connectivity index is 1.34. The molecule has 35 heavy (non-hydrogen) atoms. The molecule has 4 rings (SSSR count). The normalized spacial score (nSPS) is 15.6. The Morgan fingerprint density at radius 2 is 1.49 bits per heavy atom. The summed E-state index contributed by atoms with van der Waals surface area (Å²) in [6.45, 7) is 0.451. The molecule has 7 nitrogen and oxygen atoms in total. The number of nitrogens with two attached hydrogens (primary N) is 2. The van der Waals surface area contributed by atoms with Crippen molar-refractivity contribution in [3.8, 4) is 0 Å². The van der Waals surface area contributed by atoms with Gasteiger partial charge in [-0.05, 0) is 48.1 Å². The molecule has 0 saturated carbocycles. The molecule has 1 aromatic heterocycles. The lowest BCUT2D eigenvalue weighted by Crippen LogP contribution is -2.44. The molecule has 0 aliphatic carbocycles. The van der Waals surface area contributed by atoms with E-state index >= 15 is 0 Å². The zero-order chi connectivity index (χ0) is 24.7. The average molecular weight is 470 g/mol. The van der Waals surface area contributed by atoms with Gasteiger partial charge in [0.2, 0.25) is 0 Å². The fourth-order valence-electron chi connectivity index (χ4n) is 4.51. The van der Waals surface area contributed by atoms with Crippen LogP contribution in [0.25, 0.3) is 0 Å². The second-order valence-electron chi connectivity index (χ2n) is 8.81. The highest BCUT2D eigenvalue weighted by Gasteiger charge is 2.50. The Labute approximate surface area is 205 Å². The van der Waals surface area contributed by atoms with Crippen LogP contribution in [0.1, 0.15) is 42.4 Å². The molecule has 7 heteroatoms. The molecule has 1 aliphatic heterocycles. The molecule has 0 bridgehead atoms. The number of hydrogen-bond acceptors (Lipinski definition) is 6. The number of aliphatic imine (C=N–C) groups is 1. The number of hydrogen-bond donors (Lipinski definition) is 2. The number of ketones is 1. The summed E-state index contributed by atoms with van der Waals surface area (Å²) in [4.78, 5) is 36.4. The Kier molecular flexibility index (Phi) is 7.67. The van der Waals surface area contributed by atoms with E-state index in [9.17, 15) is 9.59 Å². The SMILES string of the molecule is NC1=NC(c2ccccc2)(c2ccccc2)C(=O)N1CCCCCC(=O)[C@@H](N)Cc1ccncc1. The van der Waals surface area contributed by atoms with Crippen molar-refractivity contribution < 1.29 is 9.59 Å². The first-order valence-corrected chi connectivity index (χ1v) is 12.0. The van der Waals surface area contributed by atoms with Crippen LogP contribution in [0, 0.1) is 0 Å². The fraction of sp³-hybridized carbons (Fsp3) is 0.286. The van der Waals surface area contributed by atoms with E-state index in [-0.39, 0.29) is 17.6 Å². The Morgan fingerprint density at radius 1 is 0.886 bits per heavy atom. The molecule has 0 fully saturated rings. The van der Waals surface area contributed by atoms with Crippen LogP contribution in [0.2, 0.25) is 0 Å². The molecule has 2 heterocycles. The summed E-state index contributed by atoms with van der Waals surface area (Å²) in [5.41, 5.74) is 13.8. The molecule has 0 saturated heterocycles. The van der Waals surface area contributed by atoms with Crippen LogP contribution in [0.15, 0.2) is 90.2 Å². The molecule has 0 spiro atoms. The van der Waals surface area contributed by atoms with Gasteiger partial charge < -0.3 is 11.5 Å². The predicted molar refractivity (Wildman–Crippen MR) is 136 cm³/mol. The van der Waals surface area contributed by atoms with Crippen LogP contribution in [0.3, 0.4) is 0 Å². The van der Waals surface area contributed by atoms with Crippen molar-refractivity contribution in [1.82, 2.24) is 9.88 Å². The van der Waals surface area contributed by atoms with Crippen molar-refractivity contribution in [2.45, 2.75) is 43.7 Å². The Hall–Kier alpha value is -3.84. The van der Waals surface area contributed by atoms with E-state index in [2.05, 4.69) is 4.98 Å². The number of Topliss-reactive ketones (excluding diaryl/α,β-unsaturated/α-hetero) is 1. The summed E-state index contributed by atoms with van der Waals surface area (Å²) < 4.78 is 0. The van der Waals surface area contributed by atoms with Crippen molar-refractivity contribution in [3.63, 3.8) is 0 Å². The van der Waals surface area contributed by atoms with Crippen molar-refractivity contribution in [2.24, 2.45) is 16.5 Å². The number of carbonyl (C=O) groups excluding carboxylic acids is 2. The standard InChI is InChI=1S/C28H31N5O2/c29-24(20-21-15-17-31-18-16-21)25(34)14-8-3-9-19-33-26(35)28(32-27(33)30,22-10-4-1-5-11-22)23-12-6-2-7-13-23/h1-2,4-7,10-13,15-18,24H,3,8-9,14,19-20,29H2,(H2,30,32)/t24-/m0/s1. The van der Waals surface area contributed by atoms with Gasteiger partial charge in [0.05, 0.1) is 6.04 Å². The minimum Gasteiger partial charge on any atom is -0.369 e. The van der Waals surface area contributed by atoms with Gasteiger partial charge >= 0.3 is 0 Å². The molecule has 4 N–H and O–H groups in total. The van der Waals surface area contributed by atoms with Gasteiger partial charge in [0.1, 0.15) is 5.78 Å². The summed E-state index contributed by atoms with van der Waals surface area (Å²) in [5, 5.41) is 0. The number of nitrogens with zero attached hydrogens (tertiary/aromatic N) is 3. The second kappa shape index (κ2) is 11.1. The summed E-state index contributed by atoms with van der Waals surface area (Å²) in [6.07, 6.45) is 6.55. The summed E-state index contributed by atoms with van der Waals surface area (Å²) in [7, 11) is 0. The predicted octanol–water partition coefficient (Wildman–Crippen LogP) is 3.18. The van der Waals surface area contributed by atoms with Crippen LogP contribution >= 0.6 is 0 Å². The maximum Gasteiger partial charge on any atom is 0.266 e. The highest BCUT2D eigenvalue weighted by molar-refractivity contribution is 6.09. The van der Waals surface area contributed by atoms with E-state index in [1.165, 1.54) is 0 Å². The summed E-state index contributed by atoms with van der Waals surface area (Å²) in [6, 6.07) is 22.3. The summed E-state index contributed by atoms with van der Waals surface area (Å²) in [5.74, 6) is 0.119. The van der Waals surface area contributed by atoms with Crippen LogP contribution in [0.4, 0.5) is 0 Å². The van der Waals surface area contributed by atoms with E-state index in [0.29, 0.717) is 32.2 Å². The number of benzene rings is 2. The van der Waals surface area contributed by atoms with Crippen LogP contribution in [-0.2, 0) is 21.5 Å². The monoisotopic (exact) mass is 469 g/mol. The van der Waals surface area contributed by atoms with Gasteiger partial charge in [-0.3, -0.25) is 19.5 Å². The molecule has 1 atom stereocenters. The third-order valence-corrected chi connectivity index (χ3v) is 6.42. The molecular formula is C28H31N5O2. The number of amides is 1. The van der Waals surface area contributed by atoms with Gasteiger partial charge in [-0.15, -0.1) is 0 Å². The van der Waals surface area contributed by atoms with Gasteiger partial charge in [0, 0.05) is 25.4 Å². The number of rotatable bonds is 11. The minimum atomic E-state index is -1.18. The number of guanidine groups is 1. The number of carbonyl (C=O) groups is 2. The fourth-order valence-corrected chi connectivity index (χ4v) is 4.51. The molecule has 1 aliphatic rings. The summed E-state index contributed by atoms with van der Waals surface area (Å²) >= 11 is 0. The first kappa shape index (κ1) is 24.3. The first-order valence-electron chi connectivity index (χ1n) is 12.0. The largest absolute Gasteiger partial charge is 0.369 e. The molecule has 2 aromatic carbocycles. The number of unbranched alkanes of at least 4 members (excludes halogenated alkanes) is 2. The molecule has 0 unspecified atom stereocenters. The topological polar surface area (TPSA) is 115 Å². The average Bonchev–Trinajstić information content (AvgIpc) is 3.15. The first-order chi connectivity index (χ1) is 17.0. The zero-order valence-corrected chi connectivity index (χ0v) is 19.7. The van der Waals surface area contributed by atoms with Gasteiger partial charge in [0.15, 0.2) is 11.5 Å². The number of pyridine rings is 1. The van der Waals surface area contributed by atoms with Crippen molar-refractivity contribution in [2.75, 3.05) is 6.54 Å². The van der Waals surface area contributed by atoms with E-state index < -0.39 is 11.6 Å². The van der Waals surface area contributed by atoms with Gasteiger partial charge in [0.25, 0.3) is 5.91 Å². The maximum atomic E-state index is 13.7. The lowest BCUT2D eigenvalue weighted by Gasteiger charge is -2.27. The van der Waals surface area contributed by atoms with Crippen LogP contribution in [-0.4, -0.2) is 40.1 Å². The van der Waals surface area contributed by atoms with E-state index in [0.717, 1.165) is 23.1 Å². The van der Waals surface area contributed by atoms with Crippen molar-refractivity contribution in [1.29, 1.82) is 0 Å². The van der Waals surface area contributed by atoms with Crippen molar-refractivity contribution >= 4 is 17.6 Å². The lowest BCUT2D eigenvalue weighted by molar-refractivity contribution is -0.130. The van der Waals surface area contributed by atoms with Gasteiger partial charge in [-0.1, -0.05) is 67.1 Å². The van der Waals surface area contributed by atoms with Crippen LogP contribution in [0.5, 0.6) is 0 Å². The third kappa shape index (κ3) is 5.30. The zero-order valence-electron chi connectivity index (χ0n) is 19.7. The molecule has 1 amide bonds. The number of aromatic nitrogens is 1. The third-order valence-electron chi connectivity index (χ3n) is 6.42. The van der Waals surface area contributed by atoms with Gasteiger partial charge in [-0.2, -0.15) is 0 Å². The molecule has 180 valence electrons. The van der Waals surface area contributed by atoms with E-state index in [1.807, 2.05) is 72.8 Å². The Morgan fingerprint density at radius 3 is 2.09 bits per heavy atom. The molecule has 0 radical (unpaired) electrons. The minimum absolute atomic E-state index is 0.0484. The second-order valence-corrected chi connectivity index (χ2v) is 8.81. The highest BCUT2D eigenvalue weighted by atomic mass is 16.2. The van der Waals surface area contributed by atoms with Crippen molar-refractivity contribution in [3.05, 3.63) is 102 Å². The van der Waals surface area contributed by atoms with Gasteiger partial charge in [-0.25, -0.2) is 4.99 Å². The quantitative estimate of drug-likeness (QED) is 0.419. The lowest BCUT2D eigenvalue weighted by atomic mass is 9.83. The highest BCUT2D eigenvalue weighted by Crippen LogP contribution is 2.39. The maximum absolute atomic E-state index is 13.7. The Bertz CT molecular complexity index is 1130. The van der Waals surface area contributed by atoms with E-state index in [1.54, 1.807) is 17.3 Å².